The van der Waals surface area contributed by atoms with Gasteiger partial charge in [0, 0.05) is 0 Å². The lowest BCUT2D eigenvalue weighted by atomic mass is 10.1. The number of phenols is 1. The van der Waals surface area contributed by atoms with Crippen LogP contribution in [-0.4, -0.2) is 27.0 Å². The fraction of sp³-hybridized carbons (Fsp3) is 0.500. The van der Waals surface area contributed by atoms with Gasteiger partial charge in [0.2, 0.25) is 0 Å². The Morgan fingerprint density at radius 1 is 0.833 bits per heavy atom. The van der Waals surface area contributed by atoms with Crippen molar-refractivity contribution in [2.45, 2.75) is 35.7 Å². The van der Waals surface area contributed by atoms with Gasteiger partial charge in [0.25, 0.3) is 0 Å². The van der Waals surface area contributed by atoms with Crippen molar-refractivity contribution < 1.29 is 45.0 Å². The van der Waals surface area contributed by atoms with Gasteiger partial charge in [-0.25, -0.2) is 0 Å². The number of rotatable bonds is 2. The summed E-state index contributed by atoms with van der Waals surface area (Å²) in [5.74, 6) is 0.384. The maximum atomic E-state index is 12.4. The molecule has 12 heteroatoms. The molecule has 0 aliphatic rings. The summed E-state index contributed by atoms with van der Waals surface area (Å²) in [5, 5.41) is 9.10. The van der Waals surface area contributed by atoms with Gasteiger partial charge in [-0.3, -0.25) is 4.74 Å². The van der Waals surface area contributed by atoms with Crippen LogP contribution in [-0.2, 0) is 4.74 Å². The lowest BCUT2D eigenvalue weighted by Gasteiger charge is -2.29. The number of phenolic OH excluding ortho intramolecular Hbond substituents is 1. The molecule has 0 radical (unpaired) electrons. The van der Waals surface area contributed by atoms with Crippen molar-refractivity contribution in [3.05, 3.63) is 29.3 Å². The highest BCUT2D eigenvalue weighted by molar-refractivity contribution is 9.10. The fourth-order valence-corrected chi connectivity index (χ4v) is 1.68. The minimum atomic E-state index is -5.87. The quantitative estimate of drug-likeness (QED) is 0.391. The third-order valence-corrected chi connectivity index (χ3v) is 3.72. The molecule has 0 spiro atoms. The van der Waals surface area contributed by atoms with Gasteiger partial charge < -0.3 is 5.11 Å². The van der Waals surface area contributed by atoms with Crippen LogP contribution >= 0.6 is 31.9 Å². The SMILES string of the molecule is Cc1cccc(O)c1C.FC(F)(F)C(F)(Br)OC(F)(Br)C(F)(F)F. The number of aryl methyl sites for hydroxylation is 1. The molecule has 0 fully saturated rings. The molecule has 0 aliphatic heterocycles. The monoisotopic (exact) mass is 496 g/mol. The molecule has 1 aromatic rings. The molecular weight excluding hydrogens is 488 g/mol. The van der Waals surface area contributed by atoms with Crippen molar-refractivity contribution in [1.82, 2.24) is 0 Å². The second-order valence-electron chi connectivity index (χ2n) is 4.35. The molecule has 0 aromatic heterocycles. The van der Waals surface area contributed by atoms with E-state index in [0.717, 1.165) is 43.0 Å². The van der Waals surface area contributed by atoms with Crippen LogP contribution in [0.4, 0.5) is 35.1 Å². The first-order valence-corrected chi connectivity index (χ1v) is 7.35. The molecule has 2 nitrogen and oxygen atoms in total. The van der Waals surface area contributed by atoms with Crippen LogP contribution in [0.1, 0.15) is 11.1 Å². The van der Waals surface area contributed by atoms with E-state index in [1.807, 2.05) is 26.0 Å². The maximum absolute atomic E-state index is 12.4. The van der Waals surface area contributed by atoms with Crippen molar-refractivity contribution in [3.8, 4) is 5.75 Å². The number of hydrogen-bond acceptors (Lipinski definition) is 2. The minimum absolute atomic E-state index is 0.384. The maximum Gasteiger partial charge on any atom is 0.460 e. The van der Waals surface area contributed by atoms with Gasteiger partial charge in [-0.2, -0.15) is 35.1 Å². The molecule has 1 aromatic carbocycles. The zero-order valence-electron chi connectivity index (χ0n) is 11.9. The average molecular weight is 498 g/mol. The first-order chi connectivity index (χ1) is 10.4. The zero-order chi connectivity index (χ0) is 19.6. The van der Waals surface area contributed by atoms with Crippen LogP contribution in [0.2, 0.25) is 0 Å². The second kappa shape index (κ2) is 7.73. The summed E-state index contributed by atoms with van der Waals surface area (Å²) in [7, 11) is 0. The van der Waals surface area contributed by atoms with Crippen molar-refractivity contribution in [2.75, 3.05) is 0 Å². The molecule has 0 bridgehead atoms. The smallest absolute Gasteiger partial charge is 0.460 e. The van der Waals surface area contributed by atoms with Gasteiger partial charge in [-0.1, -0.05) is 12.1 Å². The van der Waals surface area contributed by atoms with E-state index in [4.69, 9.17) is 5.11 Å². The summed E-state index contributed by atoms with van der Waals surface area (Å²) in [6, 6.07) is 5.52. The summed E-state index contributed by atoms with van der Waals surface area (Å²) in [6.45, 7) is 3.89. The highest BCUT2D eigenvalue weighted by Crippen LogP contribution is 2.49. The van der Waals surface area contributed by atoms with Crippen LogP contribution in [0.3, 0.4) is 0 Å². The Morgan fingerprint density at radius 3 is 1.46 bits per heavy atom. The molecule has 1 N–H and O–H groups in total. The first-order valence-electron chi connectivity index (χ1n) is 5.77. The summed E-state index contributed by atoms with van der Waals surface area (Å²) >= 11 is 2.29. The van der Waals surface area contributed by atoms with Gasteiger partial charge in [0.15, 0.2) is 0 Å². The summed E-state index contributed by atoms with van der Waals surface area (Å²) in [5.41, 5.74) is 2.10. The number of benzene rings is 1. The topological polar surface area (TPSA) is 29.5 Å². The first kappa shape index (κ1) is 23.4. The van der Waals surface area contributed by atoms with Crippen LogP contribution < -0.4 is 0 Å². The highest BCUT2D eigenvalue weighted by atomic mass is 79.9. The van der Waals surface area contributed by atoms with Crippen LogP contribution in [0.25, 0.3) is 0 Å². The lowest BCUT2D eigenvalue weighted by molar-refractivity contribution is -0.367. The van der Waals surface area contributed by atoms with Crippen LogP contribution in [0.15, 0.2) is 18.2 Å². The van der Waals surface area contributed by atoms with E-state index in [2.05, 4.69) is 4.74 Å². The van der Waals surface area contributed by atoms with E-state index in [-0.39, 0.29) is 0 Å². The number of aromatic hydroxyl groups is 1. The Kier molecular flexibility index (Phi) is 7.53. The summed E-state index contributed by atoms with van der Waals surface area (Å²) in [4.78, 5) is 0. The molecule has 0 saturated carbocycles. The van der Waals surface area contributed by atoms with E-state index in [0.29, 0.717) is 5.75 Å². The number of alkyl halides is 10. The highest BCUT2D eigenvalue weighted by Gasteiger charge is 2.66. The third-order valence-electron chi connectivity index (χ3n) is 2.49. The molecule has 24 heavy (non-hydrogen) atoms. The van der Waals surface area contributed by atoms with Gasteiger partial charge >= 0.3 is 21.9 Å². The number of halogens is 10. The minimum Gasteiger partial charge on any atom is -0.508 e. The molecule has 2 atom stereocenters. The van der Waals surface area contributed by atoms with E-state index < -0.39 is 21.9 Å². The molecule has 140 valence electrons. The Hall–Kier alpha value is -0.620. The van der Waals surface area contributed by atoms with Gasteiger partial charge in [-0.15, -0.1) is 0 Å². The second-order valence-corrected chi connectivity index (χ2v) is 6.39. The largest absolute Gasteiger partial charge is 0.508 e. The number of hydrogen-bond donors (Lipinski definition) is 1. The molecule has 1 rings (SSSR count). The molecule has 0 amide bonds. The standard InChI is InChI=1S/C8H10O.C4Br2F8O/c1-6-4-3-5-8(9)7(6)2;5-1(7,3(9,10)11)15-2(6,8)4(12,13)14/h3-5,9H,1-2H3;. The molecular formula is C12H10Br2F8O2. The molecule has 0 saturated heterocycles. The summed E-state index contributed by atoms with van der Waals surface area (Å²) < 4.78 is 87.4. The fourth-order valence-electron chi connectivity index (χ4n) is 1.01. The molecule has 0 heterocycles. The Labute approximate surface area is 148 Å². The van der Waals surface area contributed by atoms with Gasteiger partial charge in [0.05, 0.1) is 0 Å². The van der Waals surface area contributed by atoms with Gasteiger partial charge in [0.1, 0.15) is 5.75 Å². The third kappa shape index (κ3) is 6.36. The van der Waals surface area contributed by atoms with Crippen molar-refractivity contribution in [1.29, 1.82) is 0 Å². The predicted molar refractivity (Wildman–Crippen MR) is 76.3 cm³/mol. The normalized spacial score (nSPS) is 17.3. The zero-order valence-corrected chi connectivity index (χ0v) is 15.0. The van der Waals surface area contributed by atoms with Crippen LogP contribution in [0.5, 0.6) is 5.75 Å². The molecule has 0 aliphatic carbocycles. The Balaban J connectivity index is 0.000000496. The molecule has 2 unspecified atom stereocenters. The van der Waals surface area contributed by atoms with Crippen molar-refractivity contribution in [3.63, 3.8) is 0 Å². The predicted octanol–water partition coefficient (Wildman–Crippen LogP) is 6.17. The number of ether oxygens (including phenoxy) is 1. The van der Waals surface area contributed by atoms with Gasteiger partial charge in [-0.05, 0) is 62.9 Å². The van der Waals surface area contributed by atoms with Crippen LogP contribution in [0, 0.1) is 13.8 Å². The van der Waals surface area contributed by atoms with E-state index in [1.165, 1.54) is 0 Å². The summed E-state index contributed by atoms with van der Waals surface area (Å²) in [6.07, 6.45) is -11.7. The Morgan fingerprint density at radius 2 is 1.21 bits per heavy atom. The van der Waals surface area contributed by atoms with E-state index in [9.17, 15) is 35.1 Å². The van der Waals surface area contributed by atoms with Crippen molar-refractivity contribution in [2.24, 2.45) is 0 Å². The lowest BCUT2D eigenvalue weighted by Crippen LogP contribution is -2.48. The Bertz CT molecular complexity index is 511. The van der Waals surface area contributed by atoms with Crippen molar-refractivity contribution >= 4 is 31.9 Å². The van der Waals surface area contributed by atoms with E-state index in [1.54, 1.807) is 6.07 Å². The average Bonchev–Trinajstić information content (AvgIpc) is 2.32. The van der Waals surface area contributed by atoms with E-state index >= 15 is 0 Å².